The maximum atomic E-state index is 11.8. The SMILES string of the molecule is COCCNCCNC(=O)c1cc(Br)sc1Br.Cl. The zero-order valence-corrected chi connectivity index (χ0v) is 14.6. The minimum atomic E-state index is -0.0626. The van der Waals surface area contributed by atoms with Crippen molar-refractivity contribution in [3.63, 3.8) is 0 Å². The molecule has 0 aliphatic rings. The van der Waals surface area contributed by atoms with Crippen molar-refractivity contribution < 1.29 is 9.53 Å². The maximum Gasteiger partial charge on any atom is 0.253 e. The Morgan fingerprint density at radius 3 is 2.67 bits per heavy atom. The molecule has 1 aromatic rings. The average Bonchev–Trinajstić information content (AvgIpc) is 2.62. The molecule has 0 radical (unpaired) electrons. The highest BCUT2D eigenvalue weighted by atomic mass is 79.9. The van der Waals surface area contributed by atoms with Crippen LogP contribution in [0.5, 0.6) is 0 Å². The first-order valence-corrected chi connectivity index (χ1v) is 7.48. The topological polar surface area (TPSA) is 50.4 Å². The zero-order valence-electron chi connectivity index (χ0n) is 9.79. The molecule has 0 atom stereocenters. The number of rotatable bonds is 7. The van der Waals surface area contributed by atoms with Gasteiger partial charge in [-0.1, -0.05) is 0 Å². The van der Waals surface area contributed by atoms with E-state index in [0.717, 1.165) is 20.7 Å². The third kappa shape index (κ3) is 6.49. The Bertz CT molecular complexity index is 377. The fraction of sp³-hybridized carbons (Fsp3) is 0.500. The van der Waals surface area contributed by atoms with Crippen LogP contribution in [0.15, 0.2) is 13.6 Å². The van der Waals surface area contributed by atoms with Crippen molar-refractivity contribution in [1.29, 1.82) is 0 Å². The molecule has 0 fully saturated rings. The van der Waals surface area contributed by atoms with Crippen LogP contribution in [0.4, 0.5) is 0 Å². The third-order valence-corrected chi connectivity index (χ3v) is 4.31. The number of methoxy groups -OCH3 is 1. The Balaban J connectivity index is 0.00000289. The number of carbonyl (C=O) groups excluding carboxylic acids is 1. The van der Waals surface area contributed by atoms with Crippen LogP contribution < -0.4 is 10.6 Å². The second-order valence-corrected chi connectivity index (χ2v) is 6.99. The number of hydrogen-bond acceptors (Lipinski definition) is 4. The van der Waals surface area contributed by atoms with E-state index in [1.807, 2.05) is 6.07 Å². The molecule has 0 aromatic carbocycles. The Labute approximate surface area is 134 Å². The van der Waals surface area contributed by atoms with Crippen LogP contribution in [0, 0.1) is 0 Å². The predicted octanol–water partition coefficient (Wildman–Crippen LogP) is 2.66. The smallest absolute Gasteiger partial charge is 0.253 e. The van der Waals surface area contributed by atoms with E-state index in [-0.39, 0.29) is 18.3 Å². The summed E-state index contributed by atoms with van der Waals surface area (Å²) in [7, 11) is 1.66. The van der Waals surface area contributed by atoms with Crippen molar-refractivity contribution in [3.8, 4) is 0 Å². The Hall–Kier alpha value is 0.340. The van der Waals surface area contributed by atoms with Gasteiger partial charge in [0.1, 0.15) is 0 Å². The van der Waals surface area contributed by atoms with E-state index < -0.39 is 0 Å². The Morgan fingerprint density at radius 1 is 1.39 bits per heavy atom. The molecule has 4 nitrogen and oxygen atoms in total. The molecule has 1 heterocycles. The first-order chi connectivity index (χ1) is 8.15. The lowest BCUT2D eigenvalue weighted by molar-refractivity contribution is 0.0953. The van der Waals surface area contributed by atoms with Gasteiger partial charge in [0.25, 0.3) is 5.91 Å². The van der Waals surface area contributed by atoms with E-state index in [2.05, 4.69) is 42.5 Å². The summed E-state index contributed by atoms with van der Waals surface area (Å²) in [5.74, 6) is -0.0626. The lowest BCUT2D eigenvalue weighted by atomic mass is 10.3. The van der Waals surface area contributed by atoms with Crippen molar-refractivity contribution in [2.75, 3.05) is 33.4 Å². The molecule has 1 amide bonds. The quantitative estimate of drug-likeness (QED) is 0.665. The van der Waals surface area contributed by atoms with E-state index in [4.69, 9.17) is 4.74 Å². The Morgan fingerprint density at radius 2 is 2.11 bits per heavy atom. The summed E-state index contributed by atoms with van der Waals surface area (Å²) in [4.78, 5) is 11.8. The third-order valence-electron chi connectivity index (χ3n) is 1.97. The van der Waals surface area contributed by atoms with Crippen LogP contribution in [-0.2, 0) is 4.74 Å². The van der Waals surface area contributed by atoms with Crippen molar-refractivity contribution in [2.45, 2.75) is 0 Å². The van der Waals surface area contributed by atoms with Gasteiger partial charge in [-0.25, -0.2) is 0 Å². The minimum Gasteiger partial charge on any atom is -0.383 e. The summed E-state index contributed by atoms with van der Waals surface area (Å²) in [6, 6.07) is 1.81. The first kappa shape index (κ1) is 18.3. The largest absolute Gasteiger partial charge is 0.383 e. The van der Waals surface area contributed by atoms with Crippen molar-refractivity contribution >= 4 is 61.5 Å². The number of hydrogen-bond donors (Lipinski definition) is 2. The van der Waals surface area contributed by atoms with Gasteiger partial charge in [0, 0.05) is 26.7 Å². The normalized spacial score (nSPS) is 9.94. The van der Waals surface area contributed by atoms with Gasteiger partial charge in [-0.2, -0.15) is 0 Å². The van der Waals surface area contributed by atoms with Crippen LogP contribution in [0.1, 0.15) is 10.4 Å². The van der Waals surface area contributed by atoms with Crippen molar-refractivity contribution in [2.24, 2.45) is 0 Å². The summed E-state index contributed by atoms with van der Waals surface area (Å²) in [5.41, 5.74) is 0.666. The van der Waals surface area contributed by atoms with Crippen LogP contribution in [0.25, 0.3) is 0 Å². The number of thiophene rings is 1. The van der Waals surface area contributed by atoms with Crippen LogP contribution >= 0.6 is 55.6 Å². The van der Waals surface area contributed by atoms with E-state index in [0.29, 0.717) is 18.7 Å². The molecule has 0 aliphatic heterocycles. The van der Waals surface area contributed by atoms with E-state index in [1.54, 1.807) is 7.11 Å². The second-order valence-electron chi connectivity index (χ2n) is 3.24. The van der Waals surface area contributed by atoms with Crippen molar-refractivity contribution in [3.05, 3.63) is 19.2 Å². The Kier molecular flexibility index (Phi) is 10.4. The number of amides is 1. The fourth-order valence-electron chi connectivity index (χ4n) is 1.15. The predicted molar refractivity (Wildman–Crippen MR) is 84.0 cm³/mol. The lowest BCUT2D eigenvalue weighted by Crippen LogP contribution is -2.33. The zero-order chi connectivity index (χ0) is 12.7. The molecule has 0 saturated heterocycles. The molecule has 0 unspecified atom stereocenters. The molecule has 0 aliphatic carbocycles. The highest BCUT2D eigenvalue weighted by Crippen LogP contribution is 2.31. The molecule has 104 valence electrons. The molecule has 18 heavy (non-hydrogen) atoms. The van der Waals surface area contributed by atoms with Crippen LogP contribution in [-0.4, -0.2) is 39.3 Å². The summed E-state index contributed by atoms with van der Waals surface area (Å²) in [6.07, 6.45) is 0. The highest BCUT2D eigenvalue weighted by molar-refractivity contribution is 9.12. The second kappa shape index (κ2) is 10.2. The average molecular weight is 423 g/mol. The summed E-state index contributed by atoms with van der Waals surface area (Å²) >= 11 is 8.19. The molecular formula is C10H15Br2ClN2O2S. The minimum absolute atomic E-state index is 0. The summed E-state index contributed by atoms with van der Waals surface area (Å²) in [5, 5.41) is 6.00. The van der Waals surface area contributed by atoms with Gasteiger partial charge in [-0.15, -0.1) is 23.7 Å². The molecule has 1 rings (SSSR count). The molecule has 8 heteroatoms. The summed E-state index contributed by atoms with van der Waals surface area (Å²) < 4.78 is 6.68. The monoisotopic (exact) mass is 420 g/mol. The van der Waals surface area contributed by atoms with Gasteiger partial charge in [0.05, 0.1) is 19.7 Å². The van der Waals surface area contributed by atoms with E-state index in [1.165, 1.54) is 11.3 Å². The van der Waals surface area contributed by atoms with Gasteiger partial charge < -0.3 is 15.4 Å². The van der Waals surface area contributed by atoms with E-state index >= 15 is 0 Å². The van der Waals surface area contributed by atoms with Gasteiger partial charge in [-0.3, -0.25) is 4.79 Å². The number of carbonyl (C=O) groups is 1. The van der Waals surface area contributed by atoms with Gasteiger partial charge in [0.15, 0.2) is 0 Å². The number of ether oxygens (including phenoxy) is 1. The van der Waals surface area contributed by atoms with Gasteiger partial charge in [-0.05, 0) is 37.9 Å². The van der Waals surface area contributed by atoms with Crippen LogP contribution in [0.3, 0.4) is 0 Å². The summed E-state index contributed by atoms with van der Waals surface area (Å²) in [6.45, 7) is 2.80. The molecule has 0 spiro atoms. The lowest BCUT2D eigenvalue weighted by Gasteiger charge is -2.05. The molecule has 2 N–H and O–H groups in total. The molecule has 0 bridgehead atoms. The first-order valence-electron chi connectivity index (χ1n) is 5.08. The molecule has 0 saturated carbocycles. The molecular weight excluding hydrogens is 407 g/mol. The standard InChI is InChI=1S/C10H14Br2N2O2S.ClH/c1-16-5-4-13-2-3-14-10(15)7-6-8(11)17-9(7)12;/h6,13H,2-5H2,1H3,(H,14,15);1H. The molecule has 1 aromatic heterocycles. The van der Waals surface area contributed by atoms with Gasteiger partial charge in [0.2, 0.25) is 0 Å². The van der Waals surface area contributed by atoms with Crippen molar-refractivity contribution in [1.82, 2.24) is 10.6 Å². The number of halogens is 3. The number of nitrogens with one attached hydrogen (secondary N) is 2. The van der Waals surface area contributed by atoms with Gasteiger partial charge >= 0.3 is 0 Å². The maximum absolute atomic E-state index is 11.8. The fourth-order valence-corrected chi connectivity index (χ4v) is 3.95. The van der Waals surface area contributed by atoms with E-state index in [9.17, 15) is 4.79 Å². The highest BCUT2D eigenvalue weighted by Gasteiger charge is 2.12. The van der Waals surface area contributed by atoms with Crippen LogP contribution in [0.2, 0.25) is 0 Å².